The van der Waals surface area contributed by atoms with E-state index in [4.69, 9.17) is 0 Å². The van der Waals surface area contributed by atoms with Crippen molar-refractivity contribution in [3.63, 3.8) is 0 Å². The minimum absolute atomic E-state index is 0.00810. The maximum absolute atomic E-state index is 11.5. The van der Waals surface area contributed by atoms with Crippen LogP contribution in [0.4, 0.5) is 5.82 Å². The molecule has 0 aliphatic rings. The van der Waals surface area contributed by atoms with Crippen molar-refractivity contribution in [3.05, 3.63) is 23.9 Å². The Morgan fingerprint density at radius 3 is 2.88 bits per heavy atom. The van der Waals surface area contributed by atoms with Gasteiger partial charge in [-0.15, -0.1) is 0 Å². The standard InChI is InChI=1S/C12H19N3O/c1-9(2)13-7-5-12(16)15-11-8-10(3)4-6-14-11/h4,6,8-9,13H,5,7H2,1-3H3,(H,14,15,16). The van der Waals surface area contributed by atoms with Gasteiger partial charge in [0.05, 0.1) is 0 Å². The lowest BCUT2D eigenvalue weighted by atomic mass is 10.3. The van der Waals surface area contributed by atoms with Gasteiger partial charge >= 0.3 is 0 Å². The Kier molecular flexibility index (Phi) is 4.92. The molecule has 0 saturated heterocycles. The van der Waals surface area contributed by atoms with Gasteiger partial charge in [-0.25, -0.2) is 4.98 Å². The Balaban J connectivity index is 2.34. The summed E-state index contributed by atoms with van der Waals surface area (Å²) in [6, 6.07) is 4.16. The first-order chi connectivity index (χ1) is 7.58. The zero-order valence-electron chi connectivity index (χ0n) is 10.1. The van der Waals surface area contributed by atoms with Crippen LogP contribution >= 0.6 is 0 Å². The van der Waals surface area contributed by atoms with E-state index in [-0.39, 0.29) is 5.91 Å². The van der Waals surface area contributed by atoms with Gasteiger partial charge in [0, 0.05) is 25.2 Å². The molecule has 2 N–H and O–H groups in total. The van der Waals surface area contributed by atoms with Crippen molar-refractivity contribution in [1.29, 1.82) is 0 Å². The molecule has 0 aromatic carbocycles. The third-order valence-electron chi connectivity index (χ3n) is 2.09. The van der Waals surface area contributed by atoms with Gasteiger partial charge in [0.2, 0.25) is 5.91 Å². The summed E-state index contributed by atoms with van der Waals surface area (Å²) in [7, 11) is 0. The number of rotatable bonds is 5. The number of nitrogens with one attached hydrogen (secondary N) is 2. The van der Waals surface area contributed by atoms with Crippen molar-refractivity contribution in [2.24, 2.45) is 0 Å². The number of aryl methyl sites for hydroxylation is 1. The first kappa shape index (κ1) is 12.6. The van der Waals surface area contributed by atoms with Gasteiger partial charge in [-0.2, -0.15) is 0 Å². The molecule has 0 bridgehead atoms. The van der Waals surface area contributed by atoms with Crippen LogP contribution < -0.4 is 10.6 Å². The van der Waals surface area contributed by atoms with E-state index in [1.54, 1.807) is 6.20 Å². The molecular weight excluding hydrogens is 202 g/mol. The quantitative estimate of drug-likeness (QED) is 0.796. The number of carbonyl (C=O) groups excluding carboxylic acids is 1. The minimum Gasteiger partial charge on any atom is -0.314 e. The fraction of sp³-hybridized carbons (Fsp3) is 0.500. The van der Waals surface area contributed by atoms with E-state index in [0.29, 0.717) is 24.8 Å². The number of anilines is 1. The van der Waals surface area contributed by atoms with Gasteiger partial charge in [0.1, 0.15) is 5.82 Å². The van der Waals surface area contributed by atoms with E-state index in [0.717, 1.165) is 5.56 Å². The molecule has 4 nitrogen and oxygen atoms in total. The van der Waals surface area contributed by atoms with Crippen molar-refractivity contribution in [2.45, 2.75) is 33.2 Å². The van der Waals surface area contributed by atoms with E-state index in [2.05, 4.69) is 29.5 Å². The van der Waals surface area contributed by atoms with Crippen LogP contribution in [-0.2, 0) is 4.79 Å². The predicted octanol–water partition coefficient (Wildman–Crippen LogP) is 1.72. The van der Waals surface area contributed by atoms with Crippen LogP contribution in [0.15, 0.2) is 18.3 Å². The lowest BCUT2D eigenvalue weighted by Gasteiger charge is -2.08. The Labute approximate surface area is 96.5 Å². The number of carbonyl (C=O) groups is 1. The van der Waals surface area contributed by atoms with Gasteiger partial charge in [0.15, 0.2) is 0 Å². The first-order valence-electron chi connectivity index (χ1n) is 5.54. The Hall–Kier alpha value is -1.42. The molecule has 0 radical (unpaired) electrons. The highest BCUT2D eigenvalue weighted by molar-refractivity contribution is 5.89. The van der Waals surface area contributed by atoms with Crippen LogP contribution in [0.3, 0.4) is 0 Å². The topological polar surface area (TPSA) is 54.0 Å². The molecule has 1 heterocycles. The summed E-state index contributed by atoms with van der Waals surface area (Å²) in [6.45, 7) is 6.77. The second-order valence-corrected chi connectivity index (χ2v) is 4.13. The van der Waals surface area contributed by atoms with E-state index >= 15 is 0 Å². The molecule has 1 aromatic rings. The Morgan fingerprint density at radius 2 is 2.25 bits per heavy atom. The SMILES string of the molecule is Cc1ccnc(NC(=O)CCNC(C)C)c1. The predicted molar refractivity (Wildman–Crippen MR) is 65.4 cm³/mol. The van der Waals surface area contributed by atoms with Crippen molar-refractivity contribution in [2.75, 3.05) is 11.9 Å². The number of pyridine rings is 1. The molecule has 0 unspecified atom stereocenters. The zero-order chi connectivity index (χ0) is 12.0. The fourth-order valence-electron chi connectivity index (χ4n) is 1.28. The second kappa shape index (κ2) is 6.23. The van der Waals surface area contributed by atoms with Crippen molar-refractivity contribution in [3.8, 4) is 0 Å². The van der Waals surface area contributed by atoms with Gasteiger partial charge in [-0.3, -0.25) is 4.79 Å². The molecule has 0 aliphatic heterocycles. The minimum atomic E-state index is -0.00810. The molecule has 0 spiro atoms. The maximum atomic E-state index is 11.5. The molecule has 0 aliphatic carbocycles. The Morgan fingerprint density at radius 1 is 1.50 bits per heavy atom. The smallest absolute Gasteiger partial charge is 0.226 e. The number of nitrogens with zero attached hydrogens (tertiary/aromatic N) is 1. The summed E-state index contributed by atoms with van der Waals surface area (Å²) in [5.41, 5.74) is 1.09. The lowest BCUT2D eigenvalue weighted by molar-refractivity contribution is -0.116. The average Bonchev–Trinajstić information content (AvgIpc) is 2.16. The van der Waals surface area contributed by atoms with Crippen LogP contribution in [-0.4, -0.2) is 23.5 Å². The van der Waals surface area contributed by atoms with Gasteiger partial charge in [-0.05, 0) is 24.6 Å². The third kappa shape index (κ3) is 4.89. The molecule has 1 rings (SSSR count). The molecular formula is C12H19N3O. The van der Waals surface area contributed by atoms with Crippen molar-refractivity contribution in [1.82, 2.24) is 10.3 Å². The van der Waals surface area contributed by atoms with Gasteiger partial charge in [0.25, 0.3) is 0 Å². The largest absolute Gasteiger partial charge is 0.314 e. The third-order valence-corrected chi connectivity index (χ3v) is 2.09. The number of aromatic nitrogens is 1. The van der Waals surface area contributed by atoms with E-state index < -0.39 is 0 Å². The highest BCUT2D eigenvalue weighted by atomic mass is 16.1. The van der Waals surface area contributed by atoms with E-state index in [1.807, 2.05) is 19.1 Å². The van der Waals surface area contributed by atoms with Crippen LogP contribution in [0.2, 0.25) is 0 Å². The zero-order valence-corrected chi connectivity index (χ0v) is 10.1. The van der Waals surface area contributed by atoms with Crippen LogP contribution in [0.5, 0.6) is 0 Å². The summed E-state index contributed by atoms with van der Waals surface area (Å²) in [6.07, 6.45) is 2.16. The molecule has 88 valence electrons. The number of hydrogen-bond acceptors (Lipinski definition) is 3. The van der Waals surface area contributed by atoms with Gasteiger partial charge in [-0.1, -0.05) is 13.8 Å². The molecule has 1 amide bonds. The molecule has 0 fully saturated rings. The molecule has 0 atom stereocenters. The summed E-state index contributed by atoms with van der Waals surface area (Å²) in [5.74, 6) is 0.612. The highest BCUT2D eigenvalue weighted by Crippen LogP contribution is 2.05. The fourth-order valence-corrected chi connectivity index (χ4v) is 1.28. The normalized spacial score (nSPS) is 10.5. The first-order valence-corrected chi connectivity index (χ1v) is 5.54. The molecule has 1 aromatic heterocycles. The molecule has 4 heteroatoms. The van der Waals surface area contributed by atoms with Crippen LogP contribution in [0.1, 0.15) is 25.8 Å². The number of amides is 1. The van der Waals surface area contributed by atoms with Crippen molar-refractivity contribution >= 4 is 11.7 Å². The molecule has 16 heavy (non-hydrogen) atoms. The monoisotopic (exact) mass is 221 g/mol. The summed E-state index contributed by atoms with van der Waals surface area (Å²) < 4.78 is 0. The Bertz CT molecular complexity index is 350. The number of hydrogen-bond donors (Lipinski definition) is 2. The summed E-state index contributed by atoms with van der Waals surface area (Å²) in [5, 5.41) is 5.96. The summed E-state index contributed by atoms with van der Waals surface area (Å²) >= 11 is 0. The van der Waals surface area contributed by atoms with Crippen LogP contribution in [0.25, 0.3) is 0 Å². The lowest BCUT2D eigenvalue weighted by Crippen LogP contribution is -2.27. The van der Waals surface area contributed by atoms with E-state index in [9.17, 15) is 4.79 Å². The maximum Gasteiger partial charge on any atom is 0.226 e. The van der Waals surface area contributed by atoms with E-state index in [1.165, 1.54) is 0 Å². The highest BCUT2D eigenvalue weighted by Gasteiger charge is 2.03. The average molecular weight is 221 g/mol. The van der Waals surface area contributed by atoms with Gasteiger partial charge < -0.3 is 10.6 Å². The van der Waals surface area contributed by atoms with Crippen molar-refractivity contribution < 1.29 is 4.79 Å². The second-order valence-electron chi connectivity index (χ2n) is 4.13. The summed E-state index contributed by atoms with van der Waals surface area (Å²) in [4.78, 5) is 15.6. The molecule has 0 saturated carbocycles. The van der Waals surface area contributed by atoms with Crippen LogP contribution in [0, 0.1) is 6.92 Å².